The lowest BCUT2D eigenvalue weighted by molar-refractivity contribution is 0.0799. The highest BCUT2D eigenvalue weighted by atomic mass is 16.5. The van der Waals surface area contributed by atoms with E-state index < -0.39 is 0 Å². The second-order valence-electron chi connectivity index (χ2n) is 3.85. The summed E-state index contributed by atoms with van der Waals surface area (Å²) < 4.78 is 5.00. The Balaban J connectivity index is 2.48. The van der Waals surface area contributed by atoms with Gasteiger partial charge in [0.25, 0.3) is 5.91 Å². The molecule has 1 N–H and O–H groups in total. The summed E-state index contributed by atoms with van der Waals surface area (Å²) in [5, 5.41) is 9.72. The fraction of sp³-hybridized carbons (Fsp3) is 0.231. The molecule has 94 valence electrons. The molecule has 1 aromatic rings. The van der Waals surface area contributed by atoms with Crippen LogP contribution in [0.3, 0.4) is 0 Å². The van der Waals surface area contributed by atoms with Crippen LogP contribution in [0.1, 0.15) is 10.4 Å². The summed E-state index contributed by atoms with van der Waals surface area (Å²) in [5.74, 6) is 0.0523. The van der Waals surface area contributed by atoms with E-state index in [9.17, 15) is 9.90 Å². The second kappa shape index (κ2) is 4.91. The lowest BCUT2D eigenvalue weighted by atomic mass is 10.1. The molecule has 2 rings (SSSR count). The van der Waals surface area contributed by atoms with E-state index in [1.807, 2.05) is 0 Å². The number of phenolic OH excluding ortho intramolecular Hbond substituents is 1. The summed E-state index contributed by atoms with van der Waals surface area (Å²) in [7, 11) is 1.45. The smallest absolute Gasteiger partial charge is 0.256 e. The lowest BCUT2D eigenvalue weighted by Crippen LogP contribution is -2.31. The Bertz CT molecular complexity index is 523. The van der Waals surface area contributed by atoms with Crippen molar-refractivity contribution < 1.29 is 14.6 Å². The van der Waals surface area contributed by atoms with E-state index in [0.717, 1.165) is 0 Å². The number of carbonyl (C=O) groups is 1. The van der Waals surface area contributed by atoms with Crippen LogP contribution in [0.2, 0.25) is 0 Å². The monoisotopic (exact) mass is 246 g/mol. The number of ether oxygens (including phenoxy) is 1. The van der Waals surface area contributed by atoms with Gasteiger partial charge >= 0.3 is 0 Å². The Labute approximate surface area is 105 Å². The number of hydrogen-bond donors (Lipinski definition) is 1. The van der Waals surface area contributed by atoms with Gasteiger partial charge in [0.05, 0.1) is 24.9 Å². The van der Waals surface area contributed by atoms with Crippen LogP contribution in [-0.2, 0) is 0 Å². The standard InChI is InChI=1S/C13H14N2O3/c1-3-5-15-6-4-14-10-8-12(18-2)11(16)7-9(10)13(15)17/h3-4,7-8,16H,1,5-6H2,2H3. The number of phenols is 1. The van der Waals surface area contributed by atoms with Crippen LogP contribution >= 0.6 is 0 Å². The van der Waals surface area contributed by atoms with Gasteiger partial charge in [0.15, 0.2) is 11.5 Å². The fourth-order valence-corrected chi connectivity index (χ4v) is 1.80. The third-order valence-corrected chi connectivity index (χ3v) is 2.70. The molecule has 0 radical (unpaired) electrons. The molecule has 0 atom stereocenters. The topological polar surface area (TPSA) is 62.1 Å². The predicted octanol–water partition coefficient (Wildman–Crippen LogP) is 1.74. The first kappa shape index (κ1) is 12.2. The molecule has 0 saturated heterocycles. The zero-order chi connectivity index (χ0) is 13.1. The quantitative estimate of drug-likeness (QED) is 0.826. The van der Waals surface area contributed by atoms with E-state index in [2.05, 4.69) is 11.6 Å². The van der Waals surface area contributed by atoms with E-state index in [0.29, 0.717) is 30.1 Å². The van der Waals surface area contributed by atoms with E-state index >= 15 is 0 Å². The van der Waals surface area contributed by atoms with Gasteiger partial charge in [0, 0.05) is 18.8 Å². The molecule has 18 heavy (non-hydrogen) atoms. The minimum atomic E-state index is -0.180. The van der Waals surface area contributed by atoms with Gasteiger partial charge in [-0.1, -0.05) is 6.08 Å². The lowest BCUT2D eigenvalue weighted by Gasteiger charge is -2.18. The van der Waals surface area contributed by atoms with Gasteiger partial charge in [-0.25, -0.2) is 0 Å². The van der Waals surface area contributed by atoms with Gasteiger partial charge < -0.3 is 14.7 Å². The average molecular weight is 246 g/mol. The number of carbonyl (C=O) groups excluding carboxylic acids is 1. The van der Waals surface area contributed by atoms with Crippen LogP contribution in [0.4, 0.5) is 5.69 Å². The van der Waals surface area contributed by atoms with E-state index in [1.165, 1.54) is 13.2 Å². The minimum absolute atomic E-state index is 0.0692. The van der Waals surface area contributed by atoms with Crippen molar-refractivity contribution >= 4 is 17.8 Å². The Hall–Kier alpha value is -2.30. The van der Waals surface area contributed by atoms with Gasteiger partial charge in [-0.2, -0.15) is 0 Å². The highest BCUT2D eigenvalue weighted by Gasteiger charge is 2.22. The average Bonchev–Trinajstić information content (AvgIpc) is 2.51. The van der Waals surface area contributed by atoms with Gasteiger partial charge in [0.2, 0.25) is 0 Å². The first-order chi connectivity index (χ1) is 8.67. The second-order valence-corrected chi connectivity index (χ2v) is 3.85. The van der Waals surface area contributed by atoms with Crippen molar-refractivity contribution in [1.29, 1.82) is 0 Å². The summed E-state index contributed by atoms with van der Waals surface area (Å²) in [4.78, 5) is 18.0. The number of benzene rings is 1. The molecule has 0 saturated carbocycles. The summed E-state index contributed by atoms with van der Waals surface area (Å²) in [6, 6.07) is 2.94. The Morgan fingerprint density at radius 3 is 3.06 bits per heavy atom. The highest BCUT2D eigenvalue weighted by molar-refractivity contribution is 6.02. The molecular weight excluding hydrogens is 232 g/mol. The Kier molecular flexibility index (Phi) is 3.32. The zero-order valence-electron chi connectivity index (χ0n) is 10.1. The van der Waals surface area contributed by atoms with Crippen LogP contribution < -0.4 is 4.74 Å². The normalized spacial score (nSPS) is 14.1. The molecule has 0 aliphatic carbocycles. The van der Waals surface area contributed by atoms with Gasteiger partial charge in [0.1, 0.15) is 0 Å². The van der Waals surface area contributed by atoms with Crippen molar-refractivity contribution in [2.75, 3.05) is 20.2 Å². The Morgan fingerprint density at radius 1 is 1.61 bits per heavy atom. The van der Waals surface area contributed by atoms with Crippen molar-refractivity contribution in [3.63, 3.8) is 0 Å². The molecular formula is C13H14N2O3. The van der Waals surface area contributed by atoms with Crippen molar-refractivity contribution in [3.8, 4) is 11.5 Å². The number of amides is 1. The highest BCUT2D eigenvalue weighted by Crippen LogP contribution is 2.35. The van der Waals surface area contributed by atoms with E-state index in [4.69, 9.17) is 4.74 Å². The minimum Gasteiger partial charge on any atom is -0.504 e. The van der Waals surface area contributed by atoms with Crippen LogP contribution in [-0.4, -0.2) is 42.3 Å². The molecule has 1 amide bonds. The van der Waals surface area contributed by atoms with Crippen molar-refractivity contribution in [3.05, 3.63) is 30.4 Å². The number of nitrogens with zero attached hydrogens (tertiary/aromatic N) is 2. The van der Waals surface area contributed by atoms with Gasteiger partial charge in [-0.3, -0.25) is 9.79 Å². The predicted molar refractivity (Wildman–Crippen MR) is 68.9 cm³/mol. The number of aliphatic imine (C=N–C) groups is 1. The summed E-state index contributed by atoms with van der Waals surface area (Å²) in [6.45, 7) is 4.47. The third kappa shape index (κ3) is 2.07. The van der Waals surface area contributed by atoms with Crippen molar-refractivity contribution in [1.82, 2.24) is 4.90 Å². The molecule has 0 fully saturated rings. The first-order valence-electron chi connectivity index (χ1n) is 5.51. The van der Waals surface area contributed by atoms with Crippen molar-refractivity contribution in [2.45, 2.75) is 0 Å². The van der Waals surface area contributed by atoms with E-state index in [1.54, 1.807) is 23.3 Å². The molecule has 1 aliphatic rings. The molecule has 1 aromatic carbocycles. The number of fused-ring (bicyclic) bond motifs is 1. The fourth-order valence-electron chi connectivity index (χ4n) is 1.80. The molecule has 0 aromatic heterocycles. The van der Waals surface area contributed by atoms with Gasteiger partial charge in [-0.05, 0) is 6.07 Å². The molecule has 1 heterocycles. The third-order valence-electron chi connectivity index (χ3n) is 2.70. The maximum Gasteiger partial charge on any atom is 0.256 e. The SMILES string of the molecule is C=CCN1CC=Nc2cc(OC)c(O)cc2C1=O. The molecule has 0 bridgehead atoms. The van der Waals surface area contributed by atoms with Crippen LogP contribution in [0.5, 0.6) is 11.5 Å². The summed E-state index contributed by atoms with van der Waals surface area (Å²) in [5.41, 5.74) is 0.866. The molecule has 5 heteroatoms. The number of rotatable bonds is 3. The first-order valence-corrected chi connectivity index (χ1v) is 5.51. The van der Waals surface area contributed by atoms with Crippen LogP contribution in [0, 0.1) is 0 Å². The Morgan fingerprint density at radius 2 is 2.39 bits per heavy atom. The molecule has 0 spiro atoms. The maximum absolute atomic E-state index is 12.2. The molecule has 5 nitrogen and oxygen atoms in total. The number of methoxy groups -OCH3 is 1. The number of aromatic hydroxyl groups is 1. The summed E-state index contributed by atoms with van der Waals surface area (Å²) >= 11 is 0. The van der Waals surface area contributed by atoms with Crippen LogP contribution in [0.25, 0.3) is 0 Å². The van der Waals surface area contributed by atoms with E-state index in [-0.39, 0.29) is 11.7 Å². The molecule has 1 aliphatic heterocycles. The van der Waals surface area contributed by atoms with Crippen LogP contribution in [0.15, 0.2) is 29.8 Å². The summed E-state index contributed by atoms with van der Waals surface area (Å²) in [6.07, 6.45) is 3.31. The molecule has 0 unspecified atom stereocenters. The van der Waals surface area contributed by atoms with Crippen molar-refractivity contribution in [2.24, 2.45) is 4.99 Å². The van der Waals surface area contributed by atoms with Gasteiger partial charge in [-0.15, -0.1) is 6.58 Å². The largest absolute Gasteiger partial charge is 0.504 e. The number of hydrogen-bond acceptors (Lipinski definition) is 4. The maximum atomic E-state index is 12.2. The zero-order valence-corrected chi connectivity index (χ0v) is 10.1.